The van der Waals surface area contributed by atoms with Gasteiger partial charge in [0.2, 0.25) is 0 Å². The molecule has 4 aliphatic heterocycles. The Labute approximate surface area is 111 Å². The van der Waals surface area contributed by atoms with Crippen LogP contribution in [0.1, 0.15) is 32.6 Å². The Balaban J connectivity index is 1.54. The molecule has 0 aliphatic carbocycles. The van der Waals surface area contributed by atoms with Crippen molar-refractivity contribution in [1.82, 2.24) is 15.1 Å². The van der Waals surface area contributed by atoms with Crippen LogP contribution in [0.25, 0.3) is 0 Å². The first-order valence-electron chi connectivity index (χ1n) is 8.09. The maximum Gasteiger partial charge on any atom is 0.0266 e. The van der Waals surface area contributed by atoms with Crippen molar-refractivity contribution in [3.8, 4) is 0 Å². The van der Waals surface area contributed by atoms with Crippen LogP contribution in [0.2, 0.25) is 0 Å². The molecule has 4 saturated heterocycles. The highest BCUT2D eigenvalue weighted by Crippen LogP contribution is 2.40. The van der Waals surface area contributed by atoms with Crippen molar-refractivity contribution in [3.05, 3.63) is 0 Å². The van der Waals surface area contributed by atoms with Gasteiger partial charge in [0.1, 0.15) is 0 Å². The molecule has 1 N–H and O–H groups in total. The standard InChI is InChI=1S/C15H27N3/c1-2-13-12-9-16-8-11(12)10-18(13)15-5-7-17-6-3-4-14(15)17/h11-16H,2-10H2,1H3. The summed E-state index contributed by atoms with van der Waals surface area (Å²) >= 11 is 0. The van der Waals surface area contributed by atoms with Crippen molar-refractivity contribution in [2.45, 2.75) is 50.7 Å². The fraction of sp³-hybridized carbons (Fsp3) is 1.00. The Kier molecular flexibility index (Phi) is 2.90. The van der Waals surface area contributed by atoms with Gasteiger partial charge in [0, 0.05) is 31.2 Å². The fourth-order valence-electron chi connectivity index (χ4n) is 5.42. The molecular weight excluding hydrogens is 222 g/mol. The predicted molar refractivity (Wildman–Crippen MR) is 73.6 cm³/mol. The summed E-state index contributed by atoms with van der Waals surface area (Å²) in [4.78, 5) is 5.70. The number of hydrogen-bond donors (Lipinski definition) is 1. The minimum atomic E-state index is 0.871. The van der Waals surface area contributed by atoms with E-state index in [9.17, 15) is 0 Å². The lowest BCUT2D eigenvalue weighted by molar-refractivity contribution is 0.127. The maximum atomic E-state index is 3.61. The van der Waals surface area contributed by atoms with Gasteiger partial charge in [-0.1, -0.05) is 6.92 Å². The van der Waals surface area contributed by atoms with Gasteiger partial charge >= 0.3 is 0 Å². The molecule has 4 aliphatic rings. The van der Waals surface area contributed by atoms with E-state index in [0.717, 1.165) is 30.0 Å². The third-order valence-electron chi connectivity index (χ3n) is 6.17. The average Bonchev–Trinajstić information content (AvgIpc) is 3.07. The van der Waals surface area contributed by atoms with Crippen molar-refractivity contribution >= 4 is 0 Å². The average molecular weight is 249 g/mol. The molecule has 4 heterocycles. The zero-order valence-electron chi connectivity index (χ0n) is 11.6. The van der Waals surface area contributed by atoms with Crippen molar-refractivity contribution in [3.63, 3.8) is 0 Å². The molecule has 0 bridgehead atoms. The van der Waals surface area contributed by atoms with Crippen molar-refractivity contribution in [2.24, 2.45) is 11.8 Å². The van der Waals surface area contributed by atoms with Crippen LogP contribution >= 0.6 is 0 Å². The summed E-state index contributed by atoms with van der Waals surface area (Å²) in [7, 11) is 0. The molecule has 0 spiro atoms. The highest BCUT2D eigenvalue weighted by molar-refractivity contribution is 5.05. The quantitative estimate of drug-likeness (QED) is 0.792. The molecule has 0 radical (unpaired) electrons. The van der Waals surface area contributed by atoms with E-state index in [-0.39, 0.29) is 0 Å². The van der Waals surface area contributed by atoms with E-state index >= 15 is 0 Å². The zero-order chi connectivity index (χ0) is 12.1. The molecule has 18 heavy (non-hydrogen) atoms. The van der Waals surface area contributed by atoms with Gasteiger partial charge in [-0.2, -0.15) is 0 Å². The Hall–Kier alpha value is -0.120. The normalized spacial score (nSPS) is 48.8. The molecule has 3 heteroatoms. The van der Waals surface area contributed by atoms with Gasteiger partial charge in [-0.15, -0.1) is 0 Å². The number of rotatable bonds is 2. The van der Waals surface area contributed by atoms with Crippen LogP contribution in [0.5, 0.6) is 0 Å². The van der Waals surface area contributed by atoms with Gasteiger partial charge in [-0.25, -0.2) is 0 Å². The Morgan fingerprint density at radius 1 is 1.11 bits per heavy atom. The summed E-state index contributed by atoms with van der Waals surface area (Å²) < 4.78 is 0. The third kappa shape index (κ3) is 1.60. The number of nitrogens with one attached hydrogen (secondary N) is 1. The van der Waals surface area contributed by atoms with Crippen molar-refractivity contribution < 1.29 is 0 Å². The Morgan fingerprint density at radius 2 is 2.06 bits per heavy atom. The summed E-state index contributed by atoms with van der Waals surface area (Å²) in [6.45, 7) is 9.08. The highest BCUT2D eigenvalue weighted by atomic mass is 15.3. The molecular formula is C15H27N3. The molecule has 0 aromatic carbocycles. The number of nitrogens with zero attached hydrogens (tertiary/aromatic N) is 2. The van der Waals surface area contributed by atoms with Gasteiger partial charge < -0.3 is 5.32 Å². The minimum Gasteiger partial charge on any atom is -0.316 e. The fourth-order valence-corrected chi connectivity index (χ4v) is 5.42. The van der Waals surface area contributed by atoms with Crippen molar-refractivity contribution in [1.29, 1.82) is 0 Å². The lowest BCUT2D eigenvalue weighted by Gasteiger charge is -2.35. The molecule has 5 atom stereocenters. The van der Waals surface area contributed by atoms with E-state index in [1.165, 1.54) is 58.4 Å². The topological polar surface area (TPSA) is 18.5 Å². The molecule has 102 valence electrons. The molecule has 3 nitrogen and oxygen atoms in total. The smallest absolute Gasteiger partial charge is 0.0266 e. The SMILES string of the molecule is CCC1C2CNCC2CN1C1CCN2CCCC12. The van der Waals surface area contributed by atoms with Gasteiger partial charge in [0.25, 0.3) is 0 Å². The summed E-state index contributed by atoms with van der Waals surface area (Å²) in [5, 5.41) is 3.61. The van der Waals surface area contributed by atoms with Gasteiger partial charge in [0.05, 0.1) is 0 Å². The summed E-state index contributed by atoms with van der Waals surface area (Å²) in [6.07, 6.45) is 5.70. The second-order valence-corrected chi connectivity index (χ2v) is 6.86. The van der Waals surface area contributed by atoms with Crippen LogP contribution in [0, 0.1) is 11.8 Å². The molecule has 0 aromatic rings. The van der Waals surface area contributed by atoms with Crippen LogP contribution in [-0.4, -0.2) is 60.6 Å². The number of likely N-dealkylation sites (tertiary alicyclic amines) is 1. The molecule has 0 amide bonds. The monoisotopic (exact) mass is 249 g/mol. The molecule has 0 saturated carbocycles. The number of hydrogen-bond acceptors (Lipinski definition) is 3. The Morgan fingerprint density at radius 3 is 2.94 bits per heavy atom. The number of fused-ring (bicyclic) bond motifs is 2. The van der Waals surface area contributed by atoms with Crippen LogP contribution in [0.3, 0.4) is 0 Å². The van der Waals surface area contributed by atoms with Crippen LogP contribution < -0.4 is 5.32 Å². The van der Waals surface area contributed by atoms with E-state index in [1.54, 1.807) is 0 Å². The van der Waals surface area contributed by atoms with E-state index in [1.807, 2.05) is 0 Å². The second-order valence-electron chi connectivity index (χ2n) is 6.86. The van der Waals surface area contributed by atoms with E-state index in [0.29, 0.717) is 0 Å². The van der Waals surface area contributed by atoms with E-state index < -0.39 is 0 Å². The van der Waals surface area contributed by atoms with Gasteiger partial charge in [-0.3, -0.25) is 9.80 Å². The molecule has 5 unspecified atom stereocenters. The summed E-state index contributed by atoms with van der Waals surface area (Å²) in [5.74, 6) is 1.90. The maximum absolute atomic E-state index is 3.61. The molecule has 0 aromatic heterocycles. The van der Waals surface area contributed by atoms with Crippen molar-refractivity contribution in [2.75, 3.05) is 32.7 Å². The first kappa shape index (κ1) is 11.7. The lowest BCUT2D eigenvalue weighted by Crippen LogP contribution is -2.47. The largest absolute Gasteiger partial charge is 0.316 e. The van der Waals surface area contributed by atoms with Crippen LogP contribution in [0.4, 0.5) is 0 Å². The van der Waals surface area contributed by atoms with Crippen LogP contribution in [-0.2, 0) is 0 Å². The minimum absolute atomic E-state index is 0.871. The first-order chi connectivity index (χ1) is 8.88. The summed E-state index contributed by atoms with van der Waals surface area (Å²) in [5.41, 5.74) is 0. The first-order valence-corrected chi connectivity index (χ1v) is 8.09. The van der Waals surface area contributed by atoms with Crippen LogP contribution in [0.15, 0.2) is 0 Å². The lowest BCUT2D eigenvalue weighted by atomic mass is 9.92. The van der Waals surface area contributed by atoms with Gasteiger partial charge in [-0.05, 0) is 57.2 Å². The molecule has 4 fully saturated rings. The predicted octanol–water partition coefficient (Wildman–Crippen LogP) is 1.15. The zero-order valence-corrected chi connectivity index (χ0v) is 11.6. The summed E-state index contributed by atoms with van der Waals surface area (Å²) in [6, 6.07) is 2.67. The third-order valence-corrected chi connectivity index (χ3v) is 6.17. The van der Waals surface area contributed by atoms with E-state index in [4.69, 9.17) is 0 Å². The molecule has 4 rings (SSSR count). The van der Waals surface area contributed by atoms with Gasteiger partial charge in [0.15, 0.2) is 0 Å². The Bertz CT molecular complexity index is 319. The second kappa shape index (κ2) is 4.46. The van der Waals surface area contributed by atoms with E-state index in [2.05, 4.69) is 22.0 Å². The highest BCUT2D eigenvalue weighted by Gasteiger charge is 2.49.